The Morgan fingerprint density at radius 2 is 1.31 bits per heavy atom. The Kier molecular flexibility index (Phi) is 8.16. The molecule has 0 aromatic heterocycles. The molecule has 2 aromatic rings. The SMILES string of the molecule is CCCN(CCC)c1ccc(CCc2ccc(CC(=O)NN)cc2)cc1. The van der Waals surface area contributed by atoms with Gasteiger partial charge in [0.1, 0.15) is 0 Å². The van der Waals surface area contributed by atoms with Gasteiger partial charge in [-0.25, -0.2) is 5.84 Å². The molecule has 0 spiro atoms. The maximum atomic E-state index is 11.3. The Morgan fingerprint density at radius 3 is 1.77 bits per heavy atom. The van der Waals surface area contributed by atoms with Crippen molar-refractivity contribution in [2.45, 2.75) is 46.0 Å². The Hall–Kier alpha value is -2.33. The lowest BCUT2D eigenvalue weighted by molar-refractivity contribution is -0.120. The molecule has 4 nitrogen and oxygen atoms in total. The minimum absolute atomic E-state index is 0.168. The van der Waals surface area contributed by atoms with Crippen LogP contribution in [0.4, 0.5) is 5.69 Å². The van der Waals surface area contributed by atoms with Crippen LogP contribution in [0.3, 0.4) is 0 Å². The van der Waals surface area contributed by atoms with Gasteiger partial charge in [-0.3, -0.25) is 10.2 Å². The van der Waals surface area contributed by atoms with Crippen molar-refractivity contribution in [2.24, 2.45) is 5.84 Å². The van der Waals surface area contributed by atoms with Gasteiger partial charge in [0.2, 0.25) is 5.91 Å². The van der Waals surface area contributed by atoms with Gasteiger partial charge in [0.25, 0.3) is 0 Å². The summed E-state index contributed by atoms with van der Waals surface area (Å²) in [6.45, 7) is 6.68. The zero-order valence-corrected chi connectivity index (χ0v) is 16.0. The van der Waals surface area contributed by atoms with Gasteiger partial charge in [-0.15, -0.1) is 0 Å². The fourth-order valence-corrected chi connectivity index (χ4v) is 3.13. The van der Waals surface area contributed by atoms with Crippen molar-refractivity contribution in [1.29, 1.82) is 0 Å². The van der Waals surface area contributed by atoms with Crippen LogP contribution >= 0.6 is 0 Å². The third-order valence-electron chi connectivity index (χ3n) is 4.54. The van der Waals surface area contributed by atoms with Gasteiger partial charge >= 0.3 is 0 Å². The predicted octanol–water partition coefficient (Wildman–Crippen LogP) is 3.63. The van der Waals surface area contributed by atoms with E-state index in [-0.39, 0.29) is 5.91 Å². The standard InChI is InChI=1S/C22H31N3O/c1-3-15-25(16-4-2)21-13-11-19(12-14-21)6-5-18-7-9-20(10-8-18)17-22(26)24-23/h7-14H,3-6,15-17,23H2,1-2H3,(H,24,26). The summed E-state index contributed by atoms with van der Waals surface area (Å²) in [4.78, 5) is 13.8. The number of hydrogen-bond acceptors (Lipinski definition) is 3. The van der Waals surface area contributed by atoms with E-state index in [1.165, 1.54) is 29.7 Å². The lowest BCUT2D eigenvalue weighted by atomic mass is 10.0. The number of hydrazine groups is 1. The average molecular weight is 354 g/mol. The number of amides is 1. The third kappa shape index (κ3) is 6.19. The molecule has 0 unspecified atom stereocenters. The number of benzene rings is 2. The van der Waals surface area contributed by atoms with E-state index in [9.17, 15) is 4.79 Å². The Balaban J connectivity index is 1.90. The molecule has 2 aromatic carbocycles. The fraction of sp³-hybridized carbons (Fsp3) is 0.409. The zero-order valence-electron chi connectivity index (χ0n) is 16.0. The van der Waals surface area contributed by atoms with Crippen LogP contribution in [0.15, 0.2) is 48.5 Å². The first-order valence-corrected chi connectivity index (χ1v) is 9.57. The van der Waals surface area contributed by atoms with Crippen LogP contribution < -0.4 is 16.2 Å². The molecule has 0 fully saturated rings. The van der Waals surface area contributed by atoms with E-state index in [4.69, 9.17) is 5.84 Å². The number of nitrogens with two attached hydrogens (primary N) is 1. The molecule has 0 aliphatic heterocycles. The lowest BCUT2D eigenvalue weighted by Gasteiger charge is -2.24. The maximum Gasteiger partial charge on any atom is 0.238 e. The molecule has 0 atom stereocenters. The molecular formula is C22H31N3O. The van der Waals surface area contributed by atoms with E-state index < -0.39 is 0 Å². The van der Waals surface area contributed by atoms with Crippen molar-refractivity contribution in [3.05, 3.63) is 65.2 Å². The van der Waals surface area contributed by atoms with Crippen LogP contribution in [-0.4, -0.2) is 19.0 Å². The second kappa shape index (κ2) is 10.6. The molecule has 2 rings (SSSR count). The maximum absolute atomic E-state index is 11.3. The molecule has 26 heavy (non-hydrogen) atoms. The van der Waals surface area contributed by atoms with Crippen LogP contribution in [0.2, 0.25) is 0 Å². The van der Waals surface area contributed by atoms with Crippen LogP contribution in [0.5, 0.6) is 0 Å². The number of aryl methyl sites for hydroxylation is 2. The van der Waals surface area contributed by atoms with Crippen molar-refractivity contribution in [1.82, 2.24) is 5.43 Å². The van der Waals surface area contributed by atoms with Crippen molar-refractivity contribution in [2.75, 3.05) is 18.0 Å². The summed E-state index contributed by atoms with van der Waals surface area (Å²) >= 11 is 0. The summed E-state index contributed by atoms with van der Waals surface area (Å²) in [6.07, 6.45) is 4.68. The summed E-state index contributed by atoms with van der Waals surface area (Å²) in [5.41, 5.74) is 7.10. The van der Waals surface area contributed by atoms with E-state index in [1.54, 1.807) is 0 Å². The minimum Gasteiger partial charge on any atom is -0.372 e. The molecule has 1 amide bonds. The third-order valence-corrected chi connectivity index (χ3v) is 4.54. The molecule has 3 N–H and O–H groups in total. The van der Waals surface area contributed by atoms with E-state index in [1.807, 2.05) is 12.1 Å². The number of carbonyl (C=O) groups excluding carboxylic acids is 1. The van der Waals surface area contributed by atoms with Crippen molar-refractivity contribution >= 4 is 11.6 Å². The fourth-order valence-electron chi connectivity index (χ4n) is 3.13. The summed E-state index contributed by atoms with van der Waals surface area (Å²) in [7, 11) is 0. The first-order chi connectivity index (χ1) is 12.7. The number of anilines is 1. The number of nitrogens with one attached hydrogen (secondary N) is 1. The Bertz CT molecular complexity index is 659. The van der Waals surface area contributed by atoms with Crippen molar-refractivity contribution in [3.8, 4) is 0 Å². The Morgan fingerprint density at radius 1 is 0.846 bits per heavy atom. The van der Waals surface area contributed by atoms with Gasteiger partial charge in [-0.05, 0) is 54.5 Å². The first-order valence-electron chi connectivity index (χ1n) is 9.57. The highest BCUT2D eigenvalue weighted by atomic mass is 16.2. The van der Waals surface area contributed by atoms with Gasteiger partial charge < -0.3 is 4.90 Å². The molecule has 0 heterocycles. The summed E-state index contributed by atoms with van der Waals surface area (Å²) in [5.74, 6) is 4.95. The number of nitrogens with zero attached hydrogens (tertiary/aromatic N) is 1. The molecule has 0 saturated heterocycles. The summed E-state index contributed by atoms with van der Waals surface area (Å²) in [6, 6.07) is 17.2. The first kappa shape index (κ1) is 20.0. The molecule has 0 bridgehead atoms. The largest absolute Gasteiger partial charge is 0.372 e. The van der Waals surface area contributed by atoms with Crippen LogP contribution in [0, 0.1) is 0 Å². The predicted molar refractivity (Wildman–Crippen MR) is 109 cm³/mol. The highest BCUT2D eigenvalue weighted by molar-refractivity contribution is 5.77. The normalized spacial score (nSPS) is 10.6. The van der Waals surface area contributed by atoms with E-state index in [0.717, 1.165) is 31.5 Å². The zero-order chi connectivity index (χ0) is 18.8. The number of carbonyl (C=O) groups is 1. The lowest BCUT2D eigenvalue weighted by Crippen LogP contribution is -2.31. The van der Waals surface area contributed by atoms with Crippen molar-refractivity contribution in [3.63, 3.8) is 0 Å². The molecule has 0 aliphatic carbocycles. The van der Waals surface area contributed by atoms with Crippen LogP contribution in [-0.2, 0) is 24.1 Å². The van der Waals surface area contributed by atoms with Gasteiger partial charge in [-0.1, -0.05) is 50.2 Å². The van der Waals surface area contributed by atoms with Gasteiger partial charge in [0, 0.05) is 18.8 Å². The Labute approximate surface area is 157 Å². The summed E-state index contributed by atoms with van der Waals surface area (Å²) in [5, 5.41) is 0. The van der Waals surface area contributed by atoms with Crippen molar-refractivity contribution < 1.29 is 4.79 Å². The van der Waals surface area contributed by atoms with Gasteiger partial charge in [0.05, 0.1) is 6.42 Å². The smallest absolute Gasteiger partial charge is 0.238 e. The second-order valence-corrected chi connectivity index (χ2v) is 6.71. The van der Waals surface area contributed by atoms with E-state index >= 15 is 0 Å². The van der Waals surface area contributed by atoms with E-state index in [0.29, 0.717) is 6.42 Å². The number of hydrogen-bond donors (Lipinski definition) is 2. The van der Waals surface area contributed by atoms with Gasteiger partial charge in [-0.2, -0.15) is 0 Å². The quantitative estimate of drug-likeness (QED) is 0.389. The minimum atomic E-state index is -0.168. The monoisotopic (exact) mass is 353 g/mol. The molecule has 4 heteroatoms. The molecule has 0 saturated carbocycles. The average Bonchev–Trinajstić information content (AvgIpc) is 2.67. The topological polar surface area (TPSA) is 58.4 Å². The van der Waals surface area contributed by atoms with Crippen LogP contribution in [0.1, 0.15) is 43.4 Å². The molecule has 0 aliphatic rings. The summed E-state index contributed by atoms with van der Waals surface area (Å²) < 4.78 is 0. The number of rotatable bonds is 10. The molecular weight excluding hydrogens is 322 g/mol. The second-order valence-electron chi connectivity index (χ2n) is 6.71. The molecule has 0 radical (unpaired) electrons. The van der Waals surface area contributed by atoms with E-state index in [2.05, 4.69) is 60.6 Å². The van der Waals surface area contributed by atoms with Crippen LogP contribution in [0.25, 0.3) is 0 Å². The highest BCUT2D eigenvalue weighted by Gasteiger charge is 2.05. The molecule has 140 valence electrons. The van der Waals surface area contributed by atoms with Gasteiger partial charge in [0.15, 0.2) is 0 Å². The highest BCUT2D eigenvalue weighted by Crippen LogP contribution is 2.17.